The van der Waals surface area contributed by atoms with Gasteiger partial charge in [-0.3, -0.25) is 9.59 Å². The molecule has 17 heavy (non-hydrogen) atoms. The minimum absolute atomic E-state index is 0.0986. The molecule has 1 saturated carbocycles. The molecule has 0 aromatic heterocycles. The molecule has 0 unspecified atom stereocenters. The molecule has 1 heterocycles. The van der Waals surface area contributed by atoms with Gasteiger partial charge in [-0.05, 0) is 44.9 Å². The molecule has 1 atom stereocenters. The maximum absolute atomic E-state index is 12.3. The first kappa shape index (κ1) is 12.6. The fraction of sp³-hybridized carbons (Fsp3) is 0.857. The number of ketones is 1. The summed E-state index contributed by atoms with van der Waals surface area (Å²) in [4.78, 5) is 25.5. The van der Waals surface area contributed by atoms with Crippen molar-refractivity contribution in [3.05, 3.63) is 0 Å². The number of hydrogen-bond acceptors (Lipinski definition) is 2. The van der Waals surface area contributed by atoms with Crippen LogP contribution in [0.3, 0.4) is 0 Å². The Morgan fingerprint density at radius 1 is 1.00 bits per heavy atom. The second kappa shape index (κ2) is 5.19. The number of rotatable bonds is 2. The van der Waals surface area contributed by atoms with Crippen LogP contribution in [0.2, 0.25) is 0 Å². The van der Waals surface area contributed by atoms with Crippen LogP contribution in [-0.2, 0) is 9.59 Å². The monoisotopic (exact) mass is 237 g/mol. The summed E-state index contributed by atoms with van der Waals surface area (Å²) in [5.74, 6) is 1.65. The molecule has 1 saturated heterocycles. The van der Waals surface area contributed by atoms with E-state index in [9.17, 15) is 9.59 Å². The first-order chi connectivity index (χ1) is 8.08. The quantitative estimate of drug-likeness (QED) is 0.738. The molecule has 0 N–H and O–H groups in total. The number of likely N-dealkylation sites (tertiary alicyclic amines) is 1. The molecule has 0 radical (unpaired) electrons. The molecular formula is C14H23NO2. The van der Waals surface area contributed by atoms with Gasteiger partial charge in [0.15, 0.2) is 0 Å². The van der Waals surface area contributed by atoms with E-state index in [-0.39, 0.29) is 17.6 Å². The Kier molecular flexibility index (Phi) is 3.85. The van der Waals surface area contributed by atoms with E-state index in [0.717, 1.165) is 31.7 Å². The van der Waals surface area contributed by atoms with Crippen LogP contribution < -0.4 is 0 Å². The number of Topliss-reactive ketones (excluding diaryl/α,β-unsaturated/α-hetero) is 1. The Morgan fingerprint density at radius 2 is 1.65 bits per heavy atom. The molecule has 96 valence electrons. The average molecular weight is 237 g/mol. The molecular weight excluding hydrogens is 214 g/mol. The summed E-state index contributed by atoms with van der Waals surface area (Å²) in [5.41, 5.74) is 0. The lowest BCUT2D eigenvalue weighted by Gasteiger charge is -2.28. The van der Waals surface area contributed by atoms with E-state index < -0.39 is 0 Å². The van der Waals surface area contributed by atoms with Gasteiger partial charge in [0.05, 0.1) is 0 Å². The van der Waals surface area contributed by atoms with Crippen LogP contribution in [0.1, 0.15) is 46.0 Å². The second-order valence-corrected chi connectivity index (χ2v) is 5.84. The molecule has 2 rings (SSSR count). The highest BCUT2D eigenvalue weighted by atomic mass is 16.2. The number of nitrogens with zero attached hydrogens (tertiary/aromatic N) is 1. The van der Waals surface area contributed by atoms with Gasteiger partial charge in [-0.25, -0.2) is 0 Å². The van der Waals surface area contributed by atoms with Crippen molar-refractivity contribution in [2.75, 3.05) is 13.1 Å². The standard InChI is InChI=1S/C14H23NO2/c1-10-3-5-12(6-4-10)14(17)15-8-7-13(9-15)11(2)16/h10,12-13H,3-9H2,1-2H3/t10-,12+,13-/m0/s1. The predicted octanol–water partition coefficient (Wildman–Crippen LogP) is 2.25. The van der Waals surface area contributed by atoms with Gasteiger partial charge >= 0.3 is 0 Å². The molecule has 1 aliphatic heterocycles. The summed E-state index contributed by atoms with van der Waals surface area (Å²) in [6.45, 7) is 5.36. The molecule has 1 amide bonds. The van der Waals surface area contributed by atoms with Gasteiger partial charge < -0.3 is 4.90 Å². The van der Waals surface area contributed by atoms with Crippen LogP contribution in [0.25, 0.3) is 0 Å². The average Bonchev–Trinajstić information content (AvgIpc) is 2.78. The normalized spacial score (nSPS) is 33.8. The molecule has 0 bridgehead atoms. The number of carbonyl (C=O) groups excluding carboxylic acids is 2. The van der Waals surface area contributed by atoms with Crippen molar-refractivity contribution in [3.63, 3.8) is 0 Å². The van der Waals surface area contributed by atoms with E-state index in [2.05, 4.69) is 6.92 Å². The second-order valence-electron chi connectivity index (χ2n) is 5.84. The van der Waals surface area contributed by atoms with Crippen LogP contribution in [-0.4, -0.2) is 29.7 Å². The summed E-state index contributed by atoms with van der Waals surface area (Å²) in [7, 11) is 0. The zero-order valence-electron chi connectivity index (χ0n) is 10.9. The highest BCUT2D eigenvalue weighted by Crippen LogP contribution is 2.31. The fourth-order valence-corrected chi connectivity index (χ4v) is 3.06. The van der Waals surface area contributed by atoms with Crippen molar-refractivity contribution < 1.29 is 9.59 Å². The Bertz CT molecular complexity index is 305. The third-order valence-electron chi connectivity index (χ3n) is 4.44. The highest BCUT2D eigenvalue weighted by molar-refractivity contribution is 5.83. The van der Waals surface area contributed by atoms with Crippen molar-refractivity contribution in [1.82, 2.24) is 4.90 Å². The smallest absolute Gasteiger partial charge is 0.225 e. The molecule has 2 fully saturated rings. The molecule has 2 aliphatic rings. The van der Waals surface area contributed by atoms with Gasteiger partial charge in [0.2, 0.25) is 5.91 Å². The minimum Gasteiger partial charge on any atom is -0.342 e. The first-order valence-electron chi connectivity index (χ1n) is 6.87. The Hall–Kier alpha value is -0.860. The van der Waals surface area contributed by atoms with E-state index in [1.165, 1.54) is 12.8 Å². The molecule has 3 heteroatoms. The summed E-state index contributed by atoms with van der Waals surface area (Å²) in [6, 6.07) is 0. The van der Waals surface area contributed by atoms with Crippen molar-refractivity contribution >= 4 is 11.7 Å². The SMILES string of the molecule is CC(=O)[C@H]1CCN(C(=O)[C@H]2CC[C@@H](C)CC2)C1. The summed E-state index contributed by atoms with van der Waals surface area (Å²) >= 11 is 0. The first-order valence-corrected chi connectivity index (χ1v) is 6.87. The van der Waals surface area contributed by atoms with E-state index in [1.807, 2.05) is 4.90 Å². The maximum atomic E-state index is 12.3. The van der Waals surface area contributed by atoms with Crippen molar-refractivity contribution in [2.45, 2.75) is 46.0 Å². The summed E-state index contributed by atoms with van der Waals surface area (Å²) in [6.07, 6.45) is 5.31. The van der Waals surface area contributed by atoms with Gasteiger partial charge in [0, 0.05) is 24.9 Å². The lowest BCUT2D eigenvalue weighted by molar-refractivity contribution is -0.136. The Balaban J connectivity index is 1.86. The van der Waals surface area contributed by atoms with Gasteiger partial charge in [-0.1, -0.05) is 6.92 Å². The molecule has 0 spiro atoms. The topological polar surface area (TPSA) is 37.4 Å². The van der Waals surface area contributed by atoms with E-state index in [4.69, 9.17) is 0 Å². The Morgan fingerprint density at radius 3 is 2.18 bits per heavy atom. The largest absolute Gasteiger partial charge is 0.342 e. The summed E-state index contributed by atoms with van der Waals surface area (Å²) < 4.78 is 0. The lowest BCUT2D eigenvalue weighted by atomic mass is 9.82. The molecule has 0 aromatic carbocycles. The van der Waals surface area contributed by atoms with Gasteiger partial charge in [0.25, 0.3) is 0 Å². The van der Waals surface area contributed by atoms with Crippen molar-refractivity contribution in [2.24, 2.45) is 17.8 Å². The maximum Gasteiger partial charge on any atom is 0.225 e. The van der Waals surface area contributed by atoms with Crippen LogP contribution >= 0.6 is 0 Å². The minimum atomic E-state index is 0.0986. The zero-order valence-corrected chi connectivity index (χ0v) is 10.9. The number of amides is 1. The summed E-state index contributed by atoms with van der Waals surface area (Å²) in [5, 5.41) is 0. The predicted molar refractivity (Wildman–Crippen MR) is 66.5 cm³/mol. The van der Waals surface area contributed by atoms with Crippen molar-refractivity contribution in [3.8, 4) is 0 Å². The Labute approximate surface area is 104 Å². The third kappa shape index (κ3) is 2.88. The zero-order chi connectivity index (χ0) is 12.4. The van der Waals surface area contributed by atoms with Crippen LogP contribution in [0.5, 0.6) is 0 Å². The molecule has 3 nitrogen and oxygen atoms in total. The van der Waals surface area contributed by atoms with Gasteiger partial charge in [-0.15, -0.1) is 0 Å². The molecule has 1 aliphatic carbocycles. The number of hydrogen-bond donors (Lipinski definition) is 0. The third-order valence-corrected chi connectivity index (χ3v) is 4.44. The van der Waals surface area contributed by atoms with E-state index in [1.54, 1.807) is 6.92 Å². The lowest BCUT2D eigenvalue weighted by Crippen LogP contribution is -2.36. The van der Waals surface area contributed by atoms with Crippen LogP contribution in [0.4, 0.5) is 0 Å². The van der Waals surface area contributed by atoms with E-state index >= 15 is 0 Å². The molecule has 0 aromatic rings. The highest BCUT2D eigenvalue weighted by Gasteiger charge is 2.33. The van der Waals surface area contributed by atoms with E-state index in [0.29, 0.717) is 12.5 Å². The number of carbonyl (C=O) groups is 2. The van der Waals surface area contributed by atoms with Gasteiger partial charge in [0.1, 0.15) is 5.78 Å². The fourth-order valence-electron chi connectivity index (χ4n) is 3.06. The van der Waals surface area contributed by atoms with Gasteiger partial charge in [-0.2, -0.15) is 0 Å². The van der Waals surface area contributed by atoms with Crippen molar-refractivity contribution in [1.29, 1.82) is 0 Å². The van der Waals surface area contributed by atoms with Crippen LogP contribution in [0, 0.1) is 17.8 Å². The van der Waals surface area contributed by atoms with Crippen LogP contribution in [0.15, 0.2) is 0 Å².